The summed E-state index contributed by atoms with van der Waals surface area (Å²) in [7, 11) is 0. The van der Waals surface area contributed by atoms with Crippen molar-refractivity contribution in [2.75, 3.05) is 43.1 Å². The number of morpholine rings is 1. The van der Waals surface area contributed by atoms with Gasteiger partial charge >= 0.3 is 12.1 Å². The molecule has 0 saturated carbocycles. The van der Waals surface area contributed by atoms with Crippen molar-refractivity contribution in [2.24, 2.45) is 0 Å². The second-order valence-electron chi connectivity index (χ2n) is 8.16. The van der Waals surface area contributed by atoms with Gasteiger partial charge in [0.25, 0.3) is 5.91 Å². The third kappa shape index (κ3) is 6.65. The largest absolute Gasteiger partial charge is 0.452 e. The van der Waals surface area contributed by atoms with E-state index in [4.69, 9.17) is 9.47 Å². The molecule has 1 saturated heterocycles. The number of amides is 1. The molecule has 3 aromatic carbocycles. The first-order chi connectivity index (χ1) is 18.3. The van der Waals surface area contributed by atoms with Gasteiger partial charge in [0, 0.05) is 22.9 Å². The van der Waals surface area contributed by atoms with Crippen LogP contribution in [0.1, 0.15) is 21.5 Å². The van der Waals surface area contributed by atoms with Gasteiger partial charge in [-0.05, 0) is 42.5 Å². The fourth-order valence-electron chi connectivity index (χ4n) is 3.78. The Kier molecular flexibility index (Phi) is 8.55. The van der Waals surface area contributed by atoms with Crippen molar-refractivity contribution in [2.45, 2.75) is 16.0 Å². The number of hydrogen-bond donors (Lipinski definition) is 1. The number of benzene rings is 3. The number of nitrogens with one attached hydrogen (secondary N) is 1. The SMILES string of the molecule is N#Cc1ccccc1Sc1ccccc1C(=O)OCC(=O)Nc1cc(C(F)(F)F)ccc1N1CCOCC1. The Balaban J connectivity index is 1.47. The Morgan fingerprint density at radius 1 is 1.03 bits per heavy atom. The van der Waals surface area contributed by atoms with Crippen LogP contribution in [0.25, 0.3) is 0 Å². The summed E-state index contributed by atoms with van der Waals surface area (Å²) in [4.78, 5) is 28.5. The molecule has 3 aromatic rings. The van der Waals surface area contributed by atoms with E-state index in [1.165, 1.54) is 23.9 Å². The molecular formula is C27H22F3N3O4S. The number of ether oxygens (including phenoxy) is 2. The van der Waals surface area contributed by atoms with Gasteiger partial charge in [-0.15, -0.1) is 0 Å². The maximum atomic E-state index is 13.3. The van der Waals surface area contributed by atoms with Crippen LogP contribution in [-0.2, 0) is 20.4 Å². The number of carbonyl (C=O) groups is 2. The van der Waals surface area contributed by atoms with Crippen LogP contribution >= 0.6 is 11.8 Å². The van der Waals surface area contributed by atoms with Gasteiger partial charge in [0.1, 0.15) is 6.07 Å². The first-order valence-corrected chi connectivity index (χ1v) is 12.3. The zero-order valence-electron chi connectivity index (χ0n) is 20.0. The number of anilines is 2. The zero-order valence-corrected chi connectivity index (χ0v) is 20.8. The van der Waals surface area contributed by atoms with Crippen LogP contribution in [0.4, 0.5) is 24.5 Å². The molecule has 1 amide bonds. The van der Waals surface area contributed by atoms with Crippen LogP contribution in [0.3, 0.4) is 0 Å². The lowest BCUT2D eigenvalue weighted by molar-refractivity contribution is -0.137. The number of carbonyl (C=O) groups excluding carboxylic acids is 2. The number of halogens is 3. The van der Waals surface area contributed by atoms with Crippen molar-refractivity contribution < 1.29 is 32.2 Å². The van der Waals surface area contributed by atoms with E-state index in [2.05, 4.69) is 11.4 Å². The van der Waals surface area contributed by atoms with Gasteiger partial charge in [-0.1, -0.05) is 36.0 Å². The van der Waals surface area contributed by atoms with Crippen molar-refractivity contribution in [3.8, 4) is 6.07 Å². The monoisotopic (exact) mass is 541 g/mol. The van der Waals surface area contributed by atoms with E-state index in [0.29, 0.717) is 47.3 Å². The third-order valence-corrected chi connectivity index (χ3v) is 6.77. The molecule has 0 aromatic heterocycles. The lowest BCUT2D eigenvalue weighted by Crippen LogP contribution is -2.37. The average Bonchev–Trinajstić information content (AvgIpc) is 2.92. The van der Waals surface area contributed by atoms with Crippen molar-refractivity contribution in [1.82, 2.24) is 0 Å². The minimum absolute atomic E-state index is 0.0353. The van der Waals surface area contributed by atoms with E-state index in [9.17, 15) is 28.0 Å². The molecule has 0 unspecified atom stereocenters. The smallest absolute Gasteiger partial charge is 0.416 e. The van der Waals surface area contributed by atoms with Gasteiger partial charge in [-0.25, -0.2) is 4.79 Å². The lowest BCUT2D eigenvalue weighted by atomic mass is 10.1. The summed E-state index contributed by atoms with van der Waals surface area (Å²) >= 11 is 1.21. The highest BCUT2D eigenvalue weighted by Gasteiger charge is 2.32. The third-order valence-electron chi connectivity index (χ3n) is 5.62. The average molecular weight is 542 g/mol. The Bertz CT molecular complexity index is 1370. The van der Waals surface area contributed by atoms with E-state index in [-0.39, 0.29) is 11.3 Å². The van der Waals surface area contributed by atoms with Crippen LogP contribution in [0.2, 0.25) is 0 Å². The van der Waals surface area contributed by atoms with Crippen molar-refractivity contribution in [3.63, 3.8) is 0 Å². The van der Waals surface area contributed by atoms with Crippen molar-refractivity contribution in [3.05, 3.63) is 83.4 Å². The van der Waals surface area contributed by atoms with Gasteiger partial charge in [0.15, 0.2) is 6.61 Å². The highest BCUT2D eigenvalue weighted by Crippen LogP contribution is 2.36. The first kappa shape index (κ1) is 27.0. The molecule has 1 aliphatic rings. The number of esters is 1. The Morgan fingerprint density at radius 2 is 1.71 bits per heavy atom. The minimum atomic E-state index is -4.60. The summed E-state index contributed by atoms with van der Waals surface area (Å²) in [6.45, 7) is 1.01. The molecule has 1 N–H and O–H groups in total. The zero-order chi connectivity index (χ0) is 27.1. The van der Waals surface area contributed by atoms with E-state index < -0.39 is 30.2 Å². The van der Waals surface area contributed by atoms with Gasteiger partial charge in [0.05, 0.1) is 41.3 Å². The maximum Gasteiger partial charge on any atom is 0.416 e. The second kappa shape index (κ2) is 12.0. The first-order valence-electron chi connectivity index (χ1n) is 11.5. The fraction of sp³-hybridized carbons (Fsp3) is 0.222. The predicted molar refractivity (Wildman–Crippen MR) is 135 cm³/mol. The van der Waals surface area contributed by atoms with Crippen molar-refractivity contribution >= 4 is 35.0 Å². The molecule has 11 heteroatoms. The molecule has 1 heterocycles. The second-order valence-corrected chi connectivity index (χ2v) is 9.24. The van der Waals surface area contributed by atoms with E-state index in [1.54, 1.807) is 42.5 Å². The summed E-state index contributed by atoms with van der Waals surface area (Å²) in [6, 6.07) is 18.7. The van der Waals surface area contributed by atoms with Crippen LogP contribution in [0, 0.1) is 11.3 Å². The quantitative estimate of drug-likeness (QED) is 0.403. The Morgan fingerprint density at radius 3 is 2.42 bits per heavy atom. The molecular weight excluding hydrogens is 519 g/mol. The maximum absolute atomic E-state index is 13.3. The number of alkyl halides is 3. The summed E-state index contributed by atoms with van der Waals surface area (Å²) in [5.41, 5.74) is 0.0967. The highest BCUT2D eigenvalue weighted by molar-refractivity contribution is 7.99. The summed E-state index contributed by atoms with van der Waals surface area (Å²) in [5, 5.41) is 11.8. The van der Waals surface area contributed by atoms with Crippen LogP contribution in [0.5, 0.6) is 0 Å². The van der Waals surface area contributed by atoms with Crippen LogP contribution in [-0.4, -0.2) is 44.8 Å². The van der Waals surface area contributed by atoms with Gasteiger partial charge in [-0.3, -0.25) is 4.79 Å². The molecule has 38 heavy (non-hydrogen) atoms. The van der Waals surface area contributed by atoms with E-state index in [1.807, 2.05) is 4.90 Å². The molecule has 0 spiro atoms. The number of rotatable bonds is 7. The molecule has 0 radical (unpaired) electrons. The molecule has 1 fully saturated rings. The standard InChI is InChI=1S/C27H22F3N3O4S/c28-27(29,30)19-9-10-22(33-11-13-36-14-12-33)21(15-19)32-25(34)17-37-26(35)20-6-2-4-8-24(20)38-23-7-3-1-5-18(23)16-31/h1-10,15H,11-14,17H2,(H,32,34). The van der Waals surface area contributed by atoms with E-state index >= 15 is 0 Å². The minimum Gasteiger partial charge on any atom is -0.452 e. The number of nitrogens with zero attached hydrogens (tertiary/aromatic N) is 2. The molecule has 4 rings (SSSR count). The summed E-state index contributed by atoms with van der Waals surface area (Å²) in [5.74, 6) is -1.57. The Hall–Kier alpha value is -4.01. The van der Waals surface area contributed by atoms with Gasteiger partial charge < -0.3 is 19.7 Å². The summed E-state index contributed by atoms with van der Waals surface area (Å²) < 4.78 is 50.5. The normalized spacial score (nSPS) is 13.5. The van der Waals surface area contributed by atoms with Crippen molar-refractivity contribution in [1.29, 1.82) is 5.26 Å². The molecule has 196 valence electrons. The Labute approximate surface area is 221 Å². The number of hydrogen-bond acceptors (Lipinski definition) is 7. The topological polar surface area (TPSA) is 91.7 Å². The lowest BCUT2D eigenvalue weighted by Gasteiger charge is -2.31. The fourth-order valence-corrected chi connectivity index (χ4v) is 4.79. The molecule has 0 atom stereocenters. The van der Waals surface area contributed by atoms with Gasteiger partial charge in [0.2, 0.25) is 0 Å². The van der Waals surface area contributed by atoms with Crippen LogP contribution < -0.4 is 10.2 Å². The predicted octanol–water partition coefficient (Wildman–Crippen LogP) is 5.36. The van der Waals surface area contributed by atoms with Gasteiger partial charge in [-0.2, -0.15) is 18.4 Å². The summed E-state index contributed by atoms with van der Waals surface area (Å²) in [6.07, 6.45) is -4.60. The number of nitriles is 1. The highest BCUT2D eigenvalue weighted by atomic mass is 32.2. The van der Waals surface area contributed by atoms with E-state index in [0.717, 1.165) is 12.1 Å². The van der Waals surface area contributed by atoms with Crippen LogP contribution in [0.15, 0.2) is 76.5 Å². The molecule has 1 aliphatic heterocycles. The molecule has 0 aliphatic carbocycles. The molecule has 0 bridgehead atoms. The molecule has 7 nitrogen and oxygen atoms in total.